The van der Waals surface area contributed by atoms with Crippen LogP contribution in [0, 0.1) is 6.92 Å². The van der Waals surface area contributed by atoms with Crippen LogP contribution in [0.4, 0.5) is 5.69 Å². The van der Waals surface area contributed by atoms with Crippen molar-refractivity contribution in [2.75, 3.05) is 5.32 Å². The van der Waals surface area contributed by atoms with Gasteiger partial charge in [0.25, 0.3) is 0 Å². The number of rotatable bonds is 6. The lowest BCUT2D eigenvalue weighted by Gasteiger charge is -2.10. The molecule has 0 atom stereocenters. The van der Waals surface area contributed by atoms with Crippen LogP contribution >= 0.6 is 0 Å². The van der Waals surface area contributed by atoms with Crippen LogP contribution in [0.1, 0.15) is 44.9 Å². The minimum atomic E-state index is -0.124. The van der Waals surface area contributed by atoms with Gasteiger partial charge in [-0.1, -0.05) is 37.6 Å². The van der Waals surface area contributed by atoms with E-state index >= 15 is 0 Å². The Morgan fingerprint density at radius 2 is 2.04 bits per heavy atom. The number of carbonyl (C=O) groups excluding carboxylic acids is 1. The Morgan fingerprint density at radius 3 is 2.76 bits per heavy atom. The second kappa shape index (κ2) is 8.97. The number of unbranched alkanes of at least 4 members (excludes halogenated alkanes) is 1. The topological polar surface area (TPSA) is 42.0 Å². The molecule has 3 heteroatoms. The summed E-state index contributed by atoms with van der Waals surface area (Å²) in [4.78, 5) is 16.3. The quantitative estimate of drug-likeness (QED) is 0.681. The van der Waals surface area contributed by atoms with Crippen molar-refractivity contribution >= 4 is 17.2 Å². The van der Waals surface area contributed by atoms with E-state index < -0.39 is 0 Å². The highest BCUT2D eigenvalue weighted by molar-refractivity contribution is 5.99. The molecule has 0 spiro atoms. The number of benzene rings is 1. The first-order valence-corrected chi connectivity index (χ1v) is 8.73. The zero-order valence-corrected chi connectivity index (χ0v) is 15.5. The van der Waals surface area contributed by atoms with Crippen molar-refractivity contribution in [3.05, 3.63) is 66.0 Å². The first-order valence-electron chi connectivity index (χ1n) is 8.73. The Labute approximate surface area is 150 Å². The molecular weight excluding hydrogens is 308 g/mol. The van der Waals surface area contributed by atoms with E-state index in [1.165, 1.54) is 17.2 Å². The maximum atomic E-state index is 11.7. The molecule has 1 amide bonds. The van der Waals surface area contributed by atoms with Crippen molar-refractivity contribution in [1.82, 2.24) is 4.98 Å². The molecule has 0 radical (unpaired) electrons. The third-order valence-corrected chi connectivity index (χ3v) is 4.03. The number of amides is 1. The molecule has 0 bridgehead atoms. The van der Waals surface area contributed by atoms with E-state index in [1.54, 1.807) is 6.08 Å². The van der Waals surface area contributed by atoms with Crippen molar-refractivity contribution in [2.45, 2.75) is 40.5 Å². The lowest BCUT2D eigenvalue weighted by atomic mass is 9.99. The van der Waals surface area contributed by atoms with E-state index in [0.717, 1.165) is 35.3 Å². The fourth-order valence-corrected chi connectivity index (χ4v) is 2.67. The van der Waals surface area contributed by atoms with Crippen LogP contribution in [0.5, 0.6) is 0 Å². The summed E-state index contributed by atoms with van der Waals surface area (Å²) < 4.78 is 0. The van der Waals surface area contributed by atoms with E-state index in [1.807, 2.05) is 44.3 Å². The SMILES string of the molecule is C/C=C/C(=O)Nc1cccc(-c2cnc(C)c(/C(C)=C\CCC)c2)c1. The third kappa shape index (κ3) is 5.15. The molecule has 0 aliphatic carbocycles. The molecular formula is C22H26N2O. The second-order valence-electron chi connectivity index (χ2n) is 6.10. The molecule has 1 aromatic heterocycles. The molecule has 25 heavy (non-hydrogen) atoms. The van der Waals surface area contributed by atoms with E-state index in [9.17, 15) is 4.79 Å². The lowest BCUT2D eigenvalue weighted by molar-refractivity contribution is -0.111. The molecule has 0 saturated carbocycles. The van der Waals surface area contributed by atoms with Crippen molar-refractivity contribution < 1.29 is 4.79 Å². The van der Waals surface area contributed by atoms with Crippen LogP contribution in [-0.4, -0.2) is 10.9 Å². The van der Waals surface area contributed by atoms with Crippen molar-refractivity contribution in [2.24, 2.45) is 0 Å². The predicted octanol–water partition coefficient (Wildman–Crippen LogP) is 5.78. The molecule has 0 aliphatic rings. The van der Waals surface area contributed by atoms with Crippen molar-refractivity contribution in [3.8, 4) is 11.1 Å². The predicted molar refractivity (Wildman–Crippen MR) is 106 cm³/mol. The average molecular weight is 334 g/mol. The Hall–Kier alpha value is -2.68. The molecule has 1 aromatic carbocycles. The summed E-state index contributed by atoms with van der Waals surface area (Å²) in [6.07, 6.45) is 9.60. The number of aryl methyl sites for hydroxylation is 1. The van der Waals surface area contributed by atoms with E-state index in [-0.39, 0.29) is 5.91 Å². The molecule has 0 aliphatic heterocycles. The van der Waals surface area contributed by atoms with Gasteiger partial charge >= 0.3 is 0 Å². The fraction of sp³-hybridized carbons (Fsp3) is 0.273. The standard InChI is InChI=1S/C22H26N2O/c1-5-7-10-16(3)21-14-19(15-23-17(21)4)18-11-8-12-20(13-18)24-22(25)9-6-2/h6,8-15H,5,7H2,1-4H3,(H,24,25)/b9-6+,16-10-. The fourth-order valence-electron chi connectivity index (χ4n) is 2.67. The number of pyridine rings is 1. The van der Waals surface area contributed by atoms with Crippen molar-refractivity contribution in [3.63, 3.8) is 0 Å². The molecule has 0 fully saturated rings. The minimum Gasteiger partial charge on any atom is -0.323 e. The number of nitrogens with one attached hydrogen (secondary N) is 1. The number of hydrogen-bond donors (Lipinski definition) is 1. The van der Waals surface area contributed by atoms with Crippen LogP contribution in [0.25, 0.3) is 16.7 Å². The number of aromatic nitrogens is 1. The number of hydrogen-bond acceptors (Lipinski definition) is 2. The highest BCUT2D eigenvalue weighted by Crippen LogP contribution is 2.27. The summed E-state index contributed by atoms with van der Waals surface area (Å²) in [6, 6.07) is 10.0. The van der Waals surface area contributed by atoms with Crippen LogP contribution in [0.3, 0.4) is 0 Å². The zero-order valence-electron chi connectivity index (χ0n) is 15.5. The number of nitrogens with zero attached hydrogens (tertiary/aromatic N) is 1. The van der Waals surface area contributed by atoms with Crippen LogP contribution in [-0.2, 0) is 4.79 Å². The van der Waals surface area contributed by atoms with Crippen LogP contribution in [0.2, 0.25) is 0 Å². The monoisotopic (exact) mass is 334 g/mol. The largest absolute Gasteiger partial charge is 0.323 e. The van der Waals surface area contributed by atoms with Gasteiger partial charge in [0.2, 0.25) is 5.91 Å². The highest BCUT2D eigenvalue weighted by atomic mass is 16.1. The zero-order chi connectivity index (χ0) is 18.2. The van der Waals surface area contributed by atoms with Gasteiger partial charge in [0.15, 0.2) is 0 Å². The van der Waals surface area contributed by atoms with Gasteiger partial charge in [-0.3, -0.25) is 9.78 Å². The smallest absolute Gasteiger partial charge is 0.248 e. The molecule has 0 saturated heterocycles. The number of allylic oxidation sites excluding steroid dienone is 3. The van der Waals surface area contributed by atoms with Gasteiger partial charge in [-0.15, -0.1) is 0 Å². The van der Waals surface area contributed by atoms with E-state index in [0.29, 0.717) is 0 Å². The maximum Gasteiger partial charge on any atom is 0.248 e. The summed E-state index contributed by atoms with van der Waals surface area (Å²) in [5.41, 5.74) is 6.33. The molecule has 130 valence electrons. The first-order chi connectivity index (χ1) is 12.0. The van der Waals surface area contributed by atoms with Crippen molar-refractivity contribution in [1.29, 1.82) is 0 Å². The van der Waals surface area contributed by atoms with Gasteiger partial charge < -0.3 is 5.32 Å². The molecule has 2 aromatic rings. The van der Waals surface area contributed by atoms with E-state index in [2.05, 4.69) is 36.3 Å². The van der Waals surface area contributed by atoms with Gasteiger partial charge in [-0.05, 0) is 68.2 Å². The van der Waals surface area contributed by atoms with Gasteiger partial charge in [-0.25, -0.2) is 0 Å². The summed E-state index contributed by atoms with van der Waals surface area (Å²) in [5.74, 6) is -0.124. The summed E-state index contributed by atoms with van der Waals surface area (Å²) in [6.45, 7) is 8.18. The minimum absolute atomic E-state index is 0.124. The van der Waals surface area contributed by atoms with Gasteiger partial charge in [0.05, 0.1) is 0 Å². The Morgan fingerprint density at radius 1 is 1.24 bits per heavy atom. The Bertz CT molecular complexity index is 803. The van der Waals surface area contributed by atoms with Crippen LogP contribution in [0.15, 0.2) is 54.8 Å². The highest BCUT2D eigenvalue weighted by Gasteiger charge is 2.07. The molecule has 2 rings (SSSR count). The summed E-state index contributed by atoms with van der Waals surface area (Å²) in [5, 5.41) is 2.87. The normalized spacial score (nSPS) is 11.8. The molecule has 1 N–H and O–H groups in total. The lowest BCUT2D eigenvalue weighted by Crippen LogP contribution is -2.07. The van der Waals surface area contributed by atoms with Gasteiger partial charge in [0, 0.05) is 23.1 Å². The molecule has 3 nitrogen and oxygen atoms in total. The first kappa shape index (κ1) is 18.7. The van der Waals surface area contributed by atoms with Gasteiger partial charge in [0.1, 0.15) is 0 Å². The molecule has 0 unspecified atom stereocenters. The maximum absolute atomic E-state index is 11.7. The second-order valence-corrected chi connectivity index (χ2v) is 6.10. The summed E-state index contributed by atoms with van der Waals surface area (Å²) in [7, 11) is 0. The molecule has 1 heterocycles. The summed E-state index contributed by atoms with van der Waals surface area (Å²) >= 11 is 0. The Balaban J connectivity index is 2.34. The third-order valence-electron chi connectivity index (χ3n) is 4.03. The van der Waals surface area contributed by atoms with E-state index in [4.69, 9.17) is 0 Å². The van der Waals surface area contributed by atoms with Gasteiger partial charge in [-0.2, -0.15) is 0 Å². The number of carbonyl (C=O) groups is 1. The van der Waals surface area contributed by atoms with Crippen LogP contribution < -0.4 is 5.32 Å². The number of anilines is 1. The average Bonchev–Trinajstić information content (AvgIpc) is 2.60. The Kier molecular flexibility index (Phi) is 6.70.